The standard InChI is InChI=1S/C13H11Br2FN2O2S/c14-9-3-1-8(2-4-9)7-18-21(19,20)13-6-12(17)11(16)5-10(13)15/h1-6,18H,7,17H2. The molecule has 2 rings (SSSR count). The van der Waals surface area contributed by atoms with Gasteiger partial charge >= 0.3 is 0 Å². The molecule has 2 aromatic rings. The Morgan fingerprint density at radius 2 is 1.76 bits per heavy atom. The summed E-state index contributed by atoms with van der Waals surface area (Å²) in [5.74, 6) is -0.672. The van der Waals surface area contributed by atoms with Gasteiger partial charge in [-0.05, 0) is 45.8 Å². The highest BCUT2D eigenvalue weighted by Crippen LogP contribution is 2.26. The van der Waals surface area contributed by atoms with Gasteiger partial charge in [-0.15, -0.1) is 0 Å². The lowest BCUT2D eigenvalue weighted by Crippen LogP contribution is -2.23. The lowest BCUT2D eigenvalue weighted by molar-refractivity contribution is 0.580. The average Bonchev–Trinajstić information content (AvgIpc) is 2.42. The van der Waals surface area contributed by atoms with E-state index in [1.807, 2.05) is 12.1 Å². The third-order valence-corrected chi connectivity index (χ3v) is 5.61. The molecule has 0 aliphatic carbocycles. The molecule has 0 atom stereocenters. The topological polar surface area (TPSA) is 72.2 Å². The molecule has 0 bridgehead atoms. The van der Waals surface area contributed by atoms with Crippen LogP contribution < -0.4 is 10.5 Å². The Labute approximate surface area is 138 Å². The van der Waals surface area contributed by atoms with Crippen molar-refractivity contribution in [3.63, 3.8) is 0 Å². The molecule has 2 aromatic carbocycles. The molecule has 0 amide bonds. The molecule has 0 aliphatic heterocycles. The number of rotatable bonds is 4. The minimum atomic E-state index is -3.79. The quantitative estimate of drug-likeness (QED) is 0.720. The van der Waals surface area contributed by atoms with Crippen molar-refractivity contribution in [2.75, 3.05) is 5.73 Å². The fourth-order valence-corrected chi connectivity index (χ4v) is 3.94. The second-order valence-corrected chi connectivity index (χ2v) is 7.76. The maximum atomic E-state index is 13.3. The molecule has 0 aliphatic rings. The van der Waals surface area contributed by atoms with Crippen molar-refractivity contribution in [2.45, 2.75) is 11.4 Å². The van der Waals surface area contributed by atoms with Crippen molar-refractivity contribution < 1.29 is 12.8 Å². The van der Waals surface area contributed by atoms with Crippen LogP contribution in [0, 0.1) is 5.82 Å². The zero-order valence-electron chi connectivity index (χ0n) is 10.6. The van der Waals surface area contributed by atoms with Crippen LogP contribution in [0.3, 0.4) is 0 Å². The van der Waals surface area contributed by atoms with Gasteiger partial charge in [0.05, 0.1) is 10.6 Å². The van der Waals surface area contributed by atoms with Crippen LogP contribution in [0.15, 0.2) is 50.2 Å². The molecular weight excluding hydrogens is 427 g/mol. The summed E-state index contributed by atoms with van der Waals surface area (Å²) in [5.41, 5.74) is 6.00. The third kappa shape index (κ3) is 4.03. The molecule has 8 heteroatoms. The van der Waals surface area contributed by atoms with E-state index in [0.717, 1.165) is 22.2 Å². The number of hydrogen-bond donors (Lipinski definition) is 2. The van der Waals surface area contributed by atoms with Crippen molar-refractivity contribution in [3.8, 4) is 0 Å². The van der Waals surface area contributed by atoms with E-state index in [-0.39, 0.29) is 21.6 Å². The van der Waals surface area contributed by atoms with Gasteiger partial charge in [0.1, 0.15) is 5.82 Å². The van der Waals surface area contributed by atoms with E-state index < -0.39 is 15.8 Å². The van der Waals surface area contributed by atoms with Crippen molar-refractivity contribution in [2.24, 2.45) is 0 Å². The van der Waals surface area contributed by atoms with Gasteiger partial charge in [-0.25, -0.2) is 17.5 Å². The molecule has 0 fully saturated rings. The Hall–Kier alpha value is -0.960. The Bertz CT molecular complexity index is 764. The van der Waals surface area contributed by atoms with Gasteiger partial charge in [0.15, 0.2) is 0 Å². The molecule has 0 radical (unpaired) electrons. The zero-order valence-corrected chi connectivity index (χ0v) is 14.6. The molecular formula is C13H11Br2FN2O2S. The minimum absolute atomic E-state index is 0.0986. The molecule has 0 unspecified atom stereocenters. The van der Waals surface area contributed by atoms with Crippen LogP contribution in [0.25, 0.3) is 0 Å². The second kappa shape index (κ2) is 6.43. The Morgan fingerprint density at radius 3 is 2.38 bits per heavy atom. The van der Waals surface area contributed by atoms with E-state index in [4.69, 9.17) is 5.73 Å². The van der Waals surface area contributed by atoms with E-state index in [9.17, 15) is 12.8 Å². The Balaban J connectivity index is 2.22. The summed E-state index contributed by atoms with van der Waals surface area (Å²) in [6, 6.07) is 9.33. The summed E-state index contributed by atoms with van der Waals surface area (Å²) in [7, 11) is -3.79. The van der Waals surface area contributed by atoms with Gasteiger partial charge < -0.3 is 5.73 Å². The maximum absolute atomic E-state index is 13.3. The predicted molar refractivity (Wildman–Crippen MR) is 86.7 cm³/mol. The van der Waals surface area contributed by atoms with E-state index >= 15 is 0 Å². The van der Waals surface area contributed by atoms with Crippen LogP contribution in [0.2, 0.25) is 0 Å². The van der Waals surface area contributed by atoms with Crippen LogP contribution in [-0.2, 0) is 16.6 Å². The summed E-state index contributed by atoms with van der Waals surface area (Å²) in [4.78, 5) is -0.0986. The van der Waals surface area contributed by atoms with Crippen molar-refractivity contribution in [1.82, 2.24) is 4.72 Å². The van der Waals surface area contributed by atoms with Gasteiger partial charge in [-0.1, -0.05) is 28.1 Å². The van der Waals surface area contributed by atoms with Crippen molar-refractivity contribution in [1.29, 1.82) is 0 Å². The number of anilines is 1. The maximum Gasteiger partial charge on any atom is 0.242 e. The normalized spacial score (nSPS) is 11.6. The summed E-state index contributed by atoms with van der Waals surface area (Å²) in [5, 5.41) is 0. The van der Waals surface area contributed by atoms with E-state index in [0.29, 0.717) is 0 Å². The van der Waals surface area contributed by atoms with Gasteiger partial charge in [-0.3, -0.25) is 0 Å². The molecule has 0 aromatic heterocycles. The fraction of sp³-hybridized carbons (Fsp3) is 0.0769. The second-order valence-electron chi connectivity index (χ2n) is 4.26. The lowest BCUT2D eigenvalue weighted by Gasteiger charge is -2.10. The minimum Gasteiger partial charge on any atom is -0.396 e. The molecule has 21 heavy (non-hydrogen) atoms. The predicted octanol–water partition coefficient (Wildman–Crippen LogP) is 3.41. The first-order valence-corrected chi connectivity index (χ1v) is 8.85. The van der Waals surface area contributed by atoms with Crippen LogP contribution in [0.1, 0.15) is 5.56 Å². The highest BCUT2D eigenvalue weighted by Gasteiger charge is 2.19. The monoisotopic (exact) mass is 436 g/mol. The van der Waals surface area contributed by atoms with E-state index in [2.05, 4.69) is 36.6 Å². The summed E-state index contributed by atoms with van der Waals surface area (Å²) in [6.45, 7) is 0.124. The largest absolute Gasteiger partial charge is 0.396 e. The fourth-order valence-electron chi connectivity index (χ4n) is 1.61. The molecule has 4 nitrogen and oxygen atoms in total. The van der Waals surface area contributed by atoms with Gasteiger partial charge in [-0.2, -0.15) is 0 Å². The molecule has 0 heterocycles. The molecule has 0 spiro atoms. The number of sulfonamides is 1. The molecule has 0 saturated heterocycles. The lowest BCUT2D eigenvalue weighted by atomic mass is 10.2. The van der Waals surface area contributed by atoms with E-state index in [1.54, 1.807) is 12.1 Å². The van der Waals surface area contributed by atoms with Crippen molar-refractivity contribution >= 4 is 47.6 Å². The number of nitrogens with one attached hydrogen (secondary N) is 1. The highest BCUT2D eigenvalue weighted by atomic mass is 79.9. The summed E-state index contributed by atoms with van der Waals surface area (Å²) in [6.07, 6.45) is 0. The number of benzene rings is 2. The van der Waals surface area contributed by atoms with Crippen LogP contribution in [0.4, 0.5) is 10.1 Å². The number of nitrogen functional groups attached to an aromatic ring is 1. The van der Waals surface area contributed by atoms with Crippen LogP contribution in [-0.4, -0.2) is 8.42 Å². The van der Waals surface area contributed by atoms with Gasteiger partial charge in [0, 0.05) is 15.5 Å². The SMILES string of the molecule is Nc1cc(S(=O)(=O)NCc2ccc(Br)cc2)c(Br)cc1F. The van der Waals surface area contributed by atoms with E-state index in [1.165, 1.54) is 0 Å². The smallest absolute Gasteiger partial charge is 0.242 e. The first-order valence-electron chi connectivity index (χ1n) is 5.78. The molecule has 3 N–H and O–H groups in total. The Kier molecular flexibility index (Phi) is 5.03. The van der Waals surface area contributed by atoms with Crippen molar-refractivity contribution in [3.05, 3.63) is 56.7 Å². The van der Waals surface area contributed by atoms with Gasteiger partial charge in [0.2, 0.25) is 10.0 Å². The number of hydrogen-bond acceptors (Lipinski definition) is 3. The summed E-state index contributed by atoms with van der Waals surface area (Å²) < 4.78 is 41.2. The molecule has 0 saturated carbocycles. The zero-order chi connectivity index (χ0) is 15.6. The number of halogens is 3. The number of nitrogens with two attached hydrogens (primary N) is 1. The van der Waals surface area contributed by atoms with Crippen LogP contribution >= 0.6 is 31.9 Å². The Morgan fingerprint density at radius 1 is 1.14 bits per heavy atom. The molecule has 112 valence electrons. The summed E-state index contributed by atoms with van der Waals surface area (Å²) >= 11 is 6.33. The van der Waals surface area contributed by atoms with Gasteiger partial charge in [0.25, 0.3) is 0 Å². The van der Waals surface area contributed by atoms with Crippen LogP contribution in [0.5, 0.6) is 0 Å². The third-order valence-electron chi connectivity index (χ3n) is 2.72. The first kappa shape index (κ1) is 16.4. The first-order chi connectivity index (χ1) is 9.79. The average molecular weight is 438 g/mol. The highest BCUT2D eigenvalue weighted by molar-refractivity contribution is 9.10.